The molecule has 0 aromatic heterocycles. The number of ketones is 1. The first kappa shape index (κ1) is 9.68. The van der Waals surface area contributed by atoms with Crippen molar-refractivity contribution >= 4 is 5.78 Å². The maximum absolute atomic E-state index is 10.7. The van der Waals surface area contributed by atoms with Crippen LogP contribution in [0.1, 0.15) is 19.8 Å². The van der Waals surface area contributed by atoms with Crippen molar-refractivity contribution in [3.05, 3.63) is 0 Å². The molecule has 1 saturated heterocycles. The lowest BCUT2D eigenvalue weighted by Crippen LogP contribution is -2.29. The van der Waals surface area contributed by atoms with E-state index in [1.165, 1.54) is 0 Å². The van der Waals surface area contributed by atoms with Crippen molar-refractivity contribution in [2.24, 2.45) is 11.7 Å². The Morgan fingerprint density at radius 3 is 2.67 bits per heavy atom. The second-order valence-electron chi connectivity index (χ2n) is 3.89. The van der Waals surface area contributed by atoms with E-state index in [4.69, 9.17) is 5.73 Å². The van der Waals surface area contributed by atoms with Gasteiger partial charge >= 0.3 is 0 Å². The number of nitrogens with two attached hydrogens (primary N) is 1. The van der Waals surface area contributed by atoms with Crippen molar-refractivity contribution in [2.75, 3.05) is 20.1 Å². The summed E-state index contributed by atoms with van der Waals surface area (Å²) in [7, 11) is 2.08. The number of carbonyl (C=O) groups excluding carboxylic acids is 1. The summed E-state index contributed by atoms with van der Waals surface area (Å²) in [5.41, 5.74) is 5.90. The van der Waals surface area contributed by atoms with Crippen molar-refractivity contribution in [2.45, 2.75) is 25.8 Å². The maximum atomic E-state index is 10.7. The molecule has 1 fully saturated rings. The van der Waals surface area contributed by atoms with Crippen LogP contribution in [0.5, 0.6) is 0 Å². The first-order chi connectivity index (χ1) is 5.59. The zero-order valence-electron chi connectivity index (χ0n) is 7.92. The molecule has 0 bridgehead atoms. The summed E-state index contributed by atoms with van der Waals surface area (Å²) in [6.07, 6.45) is 1.65. The average molecular weight is 170 g/mol. The number of hydrogen-bond acceptors (Lipinski definition) is 3. The Morgan fingerprint density at radius 1 is 1.58 bits per heavy atom. The molecule has 70 valence electrons. The van der Waals surface area contributed by atoms with Gasteiger partial charge in [-0.3, -0.25) is 0 Å². The van der Waals surface area contributed by atoms with Crippen molar-refractivity contribution in [3.63, 3.8) is 0 Å². The quantitative estimate of drug-likeness (QED) is 0.660. The zero-order chi connectivity index (χ0) is 9.14. The number of carbonyl (C=O) groups is 1. The Balaban J connectivity index is 2.28. The molecule has 2 atom stereocenters. The van der Waals surface area contributed by atoms with E-state index < -0.39 is 0 Å². The fourth-order valence-corrected chi connectivity index (χ4v) is 1.81. The molecule has 0 aromatic rings. The van der Waals surface area contributed by atoms with Gasteiger partial charge in [0.15, 0.2) is 0 Å². The molecular weight excluding hydrogens is 152 g/mol. The molecule has 0 radical (unpaired) electrons. The van der Waals surface area contributed by atoms with E-state index in [2.05, 4.69) is 11.9 Å². The van der Waals surface area contributed by atoms with E-state index in [0.29, 0.717) is 12.3 Å². The lowest BCUT2D eigenvalue weighted by Gasteiger charge is -2.12. The molecule has 0 saturated carbocycles. The van der Waals surface area contributed by atoms with Crippen LogP contribution in [0.15, 0.2) is 0 Å². The van der Waals surface area contributed by atoms with Crippen LogP contribution in [0.25, 0.3) is 0 Å². The highest BCUT2D eigenvalue weighted by atomic mass is 16.1. The van der Waals surface area contributed by atoms with Gasteiger partial charge in [-0.25, -0.2) is 0 Å². The largest absolute Gasteiger partial charge is 0.326 e. The van der Waals surface area contributed by atoms with Crippen molar-refractivity contribution in [1.29, 1.82) is 0 Å². The molecule has 1 rings (SSSR count). The summed E-state index contributed by atoms with van der Waals surface area (Å²) < 4.78 is 0. The van der Waals surface area contributed by atoms with Crippen LogP contribution in [-0.4, -0.2) is 36.9 Å². The molecule has 0 spiro atoms. The van der Waals surface area contributed by atoms with Crippen LogP contribution in [-0.2, 0) is 4.79 Å². The van der Waals surface area contributed by atoms with Gasteiger partial charge in [0.1, 0.15) is 5.78 Å². The van der Waals surface area contributed by atoms with Gasteiger partial charge in [-0.1, -0.05) is 0 Å². The molecule has 0 aromatic carbocycles. The van der Waals surface area contributed by atoms with Crippen LogP contribution >= 0.6 is 0 Å². The molecule has 3 nitrogen and oxygen atoms in total. The highest BCUT2D eigenvalue weighted by molar-refractivity contribution is 5.75. The van der Waals surface area contributed by atoms with Crippen molar-refractivity contribution in [3.8, 4) is 0 Å². The zero-order valence-corrected chi connectivity index (χ0v) is 7.92. The second-order valence-corrected chi connectivity index (χ2v) is 3.89. The van der Waals surface area contributed by atoms with Gasteiger partial charge in [0.2, 0.25) is 0 Å². The van der Waals surface area contributed by atoms with Gasteiger partial charge in [-0.05, 0) is 26.3 Å². The van der Waals surface area contributed by atoms with E-state index in [1.54, 1.807) is 6.92 Å². The summed E-state index contributed by atoms with van der Waals surface area (Å²) in [4.78, 5) is 13.0. The van der Waals surface area contributed by atoms with Gasteiger partial charge in [0.05, 0.1) is 0 Å². The van der Waals surface area contributed by atoms with E-state index in [-0.39, 0.29) is 11.8 Å². The predicted molar refractivity (Wildman–Crippen MR) is 48.9 cm³/mol. The molecule has 1 heterocycles. The summed E-state index contributed by atoms with van der Waals surface area (Å²) >= 11 is 0. The van der Waals surface area contributed by atoms with Crippen LogP contribution in [0, 0.1) is 5.92 Å². The Bertz CT molecular complexity index is 170. The van der Waals surface area contributed by atoms with E-state index in [1.807, 2.05) is 0 Å². The molecule has 1 aliphatic heterocycles. The topological polar surface area (TPSA) is 46.3 Å². The summed E-state index contributed by atoms with van der Waals surface area (Å²) in [6.45, 7) is 3.67. The predicted octanol–water partition coefficient (Wildman–Crippen LogP) is 0.244. The second kappa shape index (κ2) is 4.01. The van der Waals surface area contributed by atoms with Gasteiger partial charge in [0.25, 0.3) is 0 Å². The number of nitrogens with zero attached hydrogens (tertiary/aromatic N) is 1. The minimum atomic E-state index is 0.273. The van der Waals surface area contributed by atoms with Crippen molar-refractivity contribution < 1.29 is 4.79 Å². The smallest absolute Gasteiger partial charge is 0.129 e. The van der Waals surface area contributed by atoms with Crippen LogP contribution in [0.4, 0.5) is 0 Å². The Labute approximate surface area is 73.9 Å². The summed E-state index contributed by atoms with van der Waals surface area (Å²) in [5.74, 6) is 0.802. The molecule has 2 N–H and O–H groups in total. The standard InChI is InChI=1S/C9H18N2O/c1-7(12)3-4-8-5-11(2)6-9(8)10/h8-9H,3-6,10H2,1-2H3. The Kier molecular flexibility index (Phi) is 3.23. The fraction of sp³-hybridized carbons (Fsp3) is 0.889. The van der Waals surface area contributed by atoms with Crippen LogP contribution < -0.4 is 5.73 Å². The van der Waals surface area contributed by atoms with E-state index in [0.717, 1.165) is 19.5 Å². The number of rotatable bonds is 3. The highest BCUT2D eigenvalue weighted by Crippen LogP contribution is 2.18. The summed E-state index contributed by atoms with van der Waals surface area (Å²) in [5, 5.41) is 0. The SMILES string of the molecule is CC(=O)CCC1CN(C)CC1N. The summed E-state index contributed by atoms with van der Waals surface area (Å²) in [6, 6.07) is 0.273. The number of Topliss-reactive ketones (excluding diaryl/α,β-unsaturated/α-hetero) is 1. The van der Waals surface area contributed by atoms with Crippen molar-refractivity contribution in [1.82, 2.24) is 4.90 Å². The van der Waals surface area contributed by atoms with Gasteiger partial charge in [0, 0.05) is 25.6 Å². The third-order valence-corrected chi connectivity index (χ3v) is 2.54. The molecular formula is C9H18N2O. The molecule has 0 aliphatic carbocycles. The van der Waals surface area contributed by atoms with E-state index >= 15 is 0 Å². The lowest BCUT2D eigenvalue weighted by molar-refractivity contribution is -0.117. The fourth-order valence-electron chi connectivity index (χ4n) is 1.81. The highest BCUT2D eigenvalue weighted by Gasteiger charge is 2.27. The lowest BCUT2D eigenvalue weighted by atomic mass is 9.98. The first-order valence-corrected chi connectivity index (χ1v) is 4.53. The van der Waals surface area contributed by atoms with Gasteiger partial charge in [-0.2, -0.15) is 0 Å². The number of likely N-dealkylation sites (N-methyl/N-ethyl adjacent to an activating group) is 1. The third kappa shape index (κ3) is 2.57. The van der Waals surface area contributed by atoms with Crippen LogP contribution in [0.2, 0.25) is 0 Å². The van der Waals surface area contributed by atoms with Gasteiger partial charge in [-0.15, -0.1) is 0 Å². The normalized spacial score (nSPS) is 30.9. The molecule has 2 unspecified atom stereocenters. The molecule has 1 aliphatic rings. The average Bonchev–Trinajstić information content (AvgIpc) is 2.26. The Hall–Kier alpha value is -0.410. The third-order valence-electron chi connectivity index (χ3n) is 2.54. The maximum Gasteiger partial charge on any atom is 0.129 e. The molecule has 0 amide bonds. The number of hydrogen-bond donors (Lipinski definition) is 1. The van der Waals surface area contributed by atoms with Gasteiger partial charge < -0.3 is 15.4 Å². The van der Waals surface area contributed by atoms with E-state index in [9.17, 15) is 4.79 Å². The first-order valence-electron chi connectivity index (χ1n) is 4.53. The minimum Gasteiger partial charge on any atom is -0.326 e. The van der Waals surface area contributed by atoms with Crippen LogP contribution in [0.3, 0.4) is 0 Å². The number of likely N-dealkylation sites (tertiary alicyclic amines) is 1. The minimum absolute atomic E-state index is 0.273. The Morgan fingerprint density at radius 2 is 2.25 bits per heavy atom. The molecule has 3 heteroatoms. The molecule has 12 heavy (non-hydrogen) atoms. The monoisotopic (exact) mass is 170 g/mol.